The van der Waals surface area contributed by atoms with Crippen LogP contribution in [0.5, 0.6) is 0 Å². The second-order valence-corrected chi connectivity index (χ2v) is 18.3. The van der Waals surface area contributed by atoms with E-state index >= 15 is 0 Å². The molecule has 4 rings (SSSR count). The molecular weight excluding hydrogens is 504 g/mol. The standard InChI is InChI=1S/C32H46N2O4Si/c1-31(2,3)37-30(35)34-20-18-23(19-21-34)14-17-28-26-16-15-25(24-12-10-9-11-13-24)27(29(26)38-33-28)22-36-39(7,8)32(4,5)6/h9-13,15-16,23H,14,17-22H2,1-8H3. The SMILES string of the molecule is CC(C)(C)OC(=O)N1CCC(CCc2noc3c(CO[Si](C)(C)C(C)(C)C)c(-c4ccccc4)ccc23)CC1. The number of benzene rings is 2. The number of likely N-dealkylation sites (tertiary alicyclic amines) is 1. The number of hydrogen-bond acceptors (Lipinski definition) is 5. The first-order chi connectivity index (χ1) is 18.2. The highest BCUT2D eigenvalue weighted by Crippen LogP contribution is 2.39. The van der Waals surface area contributed by atoms with Gasteiger partial charge in [0.2, 0.25) is 0 Å². The Morgan fingerprint density at radius 2 is 1.69 bits per heavy atom. The maximum atomic E-state index is 12.4. The Morgan fingerprint density at radius 3 is 2.31 bits per heavy atom. The van der Waals surface area contributed by atoms with E-state index in [4.69, 9.17) is 13.7 Å². The molecule has 2 aromatic carbocycles. The van der Waals surface area contributed by atoms with Gasteiger partial charge in [-0.1, -0.05) is 62.3 Å². The fraction of sp³-hybridized carbons (Fsp3) is 0.562. The molecule has 0 radical (unpaired) electrons. The highest BCUT2D eigenvalue weighted by atomic mass is 28.4. The number of amides is 1. The molecular formula is C32H46N2O4Si. The van der Waals surface area contributed by atoms with E-state index < -0.39 is 13.9 Å². The van der Waals surface area contributed by atoms with Gasteiger partial charge in [-0.25, -0.2) is 4.79 Å². The zero-order valence-electron chi connectivity index (χ0n) is 25.1. The molecule has 0 unspecified atom stereocenters. The molecule has 39 heavy (non-hydrogen) atoms. The van der Waals surface area contributed by atoms with Crippen molar-refractivity contribution in [2.45, 2.75) is 97.6 Å². The van der Waals surface area contributed by atoms with E-state index in [0.29, 0.717) is 12.5 Å². The van der Waals surface area contributed by atoms with Crippen LogP contribution < -0.4 is 0 Å². The third kappa shape index (κ3) is 7.12. The highest BCUT2D eigenvalue weighted by molar-refractivity contribution is 6.74. The number of rotatable bonds is 7. The summed E-state index contributed by atoms with van der Waals surface area (Å²) in [6, 6.07) is 14.8. The van der Waals surface area contributed by atoms with Crippen LogP contribution in [0, 0.1) is 5.92 Å². The first kappa shape index (κ1) is 29.3. The molecule has 0 bridgehead atoms. The van der Waals surface area contributed by atoms with Crippen molar-refractivity contribution in [2.75, 3.05) is 13.1 Å². The highest BCUT2D eigenvalue weighted by Gasteiger charge is 2.37. The predicted octanol–water partition coefficient (Wildman–Crippen LogP) is 8.60. The third-order valence-corrected chi connectivity index (χ3v) is 12.8. The van der Waals surface area contributed by atoms with E-state index in [1.165, 1.54) is 0 Å². The Morgan fingerprint density at radius 1 is 1.03 bits per heavy atom. The molecule has 1 aliphatic rings. The van der Waals surface area contributed by atoms with Gasteiger partial charge in [0.25, 0.3) is 0 Å². The summed E-state index contributed by atoms with van der Waals surface area (Å²) in [5.41, 5.74) is 4.75. The molecule has 7 heteroatoms. The Hall–Kier alpha value is -2.64. The fourth-order valence-corrected chi connectivity index (χ4v) is 5.80. The maximum Gasteiger partial charge on any atom is 0.410 e. The lowest BCUT2D eigenvalue weighted by Crippen LogP contribution is -2.41. The van der Waals surface area contributed by atoms with Gasteiger partial charge in [-0.15, -0.1) is 0 Å². The van der Waals surface area contributed by atoms with Crippen LogP contribution in [0.2, 0.25) is 18.1 Å². The Bertz CT molecular complexity index is 1260. The van der Waals surface area contributed by atoms with E-state index in [0.717, 1.165) is 72.1 Å². The molecule has 1 amide bonds. The van der Waals surface area contributed by atoms with Crippen molar-refractivity contribution in [3.63, 3.8) is 0 Å². The van der Waals surface area contributed by atoms with Crippen LogP contribution in [0.15, 0.2) is 47.0 Å². The molecule has 0 saturated carbocycles. The van der Waals surface area contributed by atoms with Gasteiger partial charge < -0.3 is 18.6 Å². The Kier molecular flexibility index (Phi) is 8.62. The van der Waals surface area contributed by atoms with E-state index in [1.54, 1.807) is 0 Å². The predicted molar refractivity (Wildman–Crippen MR) is 160 cm³/mol. The number of aryl methyl sites for hydroxylation is 1. The largest absolute Gasteiger partial charge is 0.444 e. The van der Waals surface area contributed by atoms with Crippen LogP contribution in [0.4, 0.5) is 4.79 Å². The van der Waals surface area contributed by atoms with Crippen LogP contribution in [0.1, 0.15) is 72.1 Å². The van der Waals surface area contributed by atoms with E-state index in [2.05, 4.69) is 75.4 Å². The number of ether oxygens (including phenoxy) is 1. The molecule has 1 aromatic heterocycles. The average molecular weight is 551 g/mol. The summed E-state index contributed by atoms with van der Waals surface area (Å²) in [7, 11) is -1.96. The van der Waals surface area contributed by atoms with Gasteiger partial charge in [-0.3, -0.25) is 0 Å². The maximum absolute atomic E-state index is 12.4. The van der Waals surface area contributed by atoms with Crippen LogP contribution in [0.3, 0.4) is 0 Å². The zero-order chi connectivity index (χ0) is 28.4. The first-order valence-electron chi connectivity index (χ1n) is 14.3. The third-order valence-electron chi connectivity index (χ3n) is 8.34. The first-order valence-corrected chi connectivity index (χ1v) is 17.2. The smallest absolute Gasteiger partial charge is 0.410 e. The molecule has 3 aromatic rings. The fourth-order valence-electron chi connectivity index (χ4n) is 4.86. The molecule has 0 atom stereocenters. The summed E-state index contributed by atoms with van der Waals surface area (Å²) >= 11 is 0. The number of carbonyl (C=O) groups excluding carboxylic acids is 1. The number of hydrogen-bond donors (Lipinski definition) is 0. The monoisotopic (exact) mass is 550 g/mol. The second kappa shape index (κ2) is 11.5. The lowest BCUT2D eigenvalue weighted by molar-refractivity contribution is 0.0181. The van der Waals surface area contributed by atoms with Gasteiger partial charge in [-0.2, -0.15) is 0 Å². The molecule has 2 heterocycles. The second-order valence-electron chi connectivity index (χ2n) is 13.5. The Balaban J connectivity index is 1.49. The van der Waals surface area contributed by atoms with Crippen LogP contribution >= 0.6 is 0 Å². The summed E-state index contributed by atoms with van der Waals surface area (Å²) in [5.74, 6) is 0.556. The van der Waals surface area contributed by atoms with Crippen molar-refractivity contribution < 1.29 is 18.5 Å². The van der Waals surface area contributed by atoms with E-state index in [9.17, 15) is 4.79 Å². The van der Waals surface area contributed by atoms with Crippen LogP contribution in [0.25, 0.3) is 22.1 Å². The van der Waals surface area contributed by atoms with Gasteiger partial charge in [0.1, 0.15) is 5.60 Å². The molecule has 0 N–H and O–H groups in total. The molecule has 1 fully saturated rings. The van der Waals surface area contributed by atoms with Crippen molar-refractivity contribution in [1.29, 1.82) is 0 Å². The summed E-state index contributed by atoms with van der Waals surface area (Å²) in [5, 5.41) is 5.75. The van der Waals surface area contributed by atoms with Crippen molar-refractivity contribution in [3.05, 3.63) is 53.7 Å². The lowest BCUT2D eigenvalue weighted by Gasteiger charge is -2.36. The van der Waals surface area contributed by atoms with Gasteiger partial charge in [0.05, 0.1) is 12.3 Å². The summed E-state index contributed by atoms with van der Waals surface area (Å²) < 4.78 is 18.3. The molecule has 1 saturated heterocycles. The van der Waals surface area contributed by atoms with E-state index in [1.807, 2.05) is 31.7 Å². The van der Waals surface area contributed by atoms with Gasteiger partial charge in [0.15, 0.2) is 13.9 Å². The van der Waals surface area contributed by atoms with Crippen LogP contribution in [-0.2, 0) is 22.2 Å². The molecule has 212 valence electrons. The van der Waals surface area contributed by atoms with E-state index in [-0.39, 0.29) is 11.1 Å². The molecule has 6 nitrogen and oxygen atoms in total. The van der Waals surface area contributed by atoms with Gasteiger partial charge in [0, 0.05) is 24.0 Å². The number of piperidine rings is 1. The molecule has 0 aliphatic carbocycles. The van der Waals surface area contributed by atoms with Crippen molar-refractivity contribution in [1.82, 2.24) is 10.1 Å². The minimum absolute atomic E-state index is 0.124. The van der Waals surface area contributed by atoms with Gasteiger partial charge in [-0.05, 0) is 87.7 Å². The number of nitrogens with zero attached hydrogens (tertiary/aromatic N) is 2. The number of fused-ring (bicyclic) bond motifs is 1. The topological polar surface area (TPSA) is 64.8 Å². The number of aromatic nitrogens is 1. The Labute approximate surface area is 235 Å². The minimum Gasteiger partial charge on any atom is -0.444 e. The number of carbonyl (C=O) groups is 1. The van der Waals surface area contributed by atoms with Crippen LogP contribution in [-0.4, -0.2) is 43.2 Å². The zero-order valence-corrected chi connectivity index (χ0v) is 26.1. The quantitative estimate of drug-likeness (QED) is 0.276. The average Bonchev–Trinajstić information content (AvgIpc) is 3.28. The van der Waals surface area contributed by atoms with Crippen molar-refractivity contribution >= 4 is 25.4 Å². The molecule has 1 aliphatic heterocycles. The van der Waals surface area contributed by atoms with Gasteiger partial charge >= 0.3 is 6.09 Å². The molecule has 0 spiro atoms. The summed E-state index contributed by atoms with van der Waals surface area (Å²) in [6.45, 7) is 19.1. The summed E-state index contributed by atoms with van der Waals surface area (Å²) in [6.07, 6.45) is 3.65. The lowest BCUT2D eigenvalue weighted by atomic mass is 9.91. The van der Waals surface area contributed by atoms with Crippen molar-refractivity contribution in [2.24, 2.45) is 5.92 Å². The minimum atomic E-state index is -1.96. The summed E-state index contributed by atoms with van der Waals surface area (Å²) in [4.78, 5) is 14.3. The normalized spacial score (nSPS) is 15.6. The van der Waals surface area contributed by atoms with Crippen molar-refractivity contribution in [3.8, 4) is 11.1 Å².